The summed E-state index contributed by atoms with van der Waals surface area (Å²) in [5.74, 6) is 1.66. The lowest BCUT2D eigenvalue weighted by atomic mass is 10.2. The number of amides is 1. The van der Waals surface area contributed by atoms with Gasteiger partial charge in [0.1, 0.15) is 5.82 Å². The number of halogens is 1. The minimum absolute atomic E-state index is 0.0391. The van der Waals surface area contributed by atoms with E-state index in [1.165, 1.54) is 12.0 Å². The van der Waals surface area contributed by atoms with Crippen LogP contribution in [0.15, 0.2) is 53.7 Å². The van der Waals surface area contributed by atoms with Gasteiger partial charge < -0.3 is 5.32 Å². The van der Waals surface area contributed by atoms with Crippen molar-refractivity contribution in [1.29, 1.82) is 0 Å². The fourth-order valence-electron chi connectivity index (χ4n) is 2.89. The van der Waals surface area contributed by atoms with Crippen molar-refractivity contribution in [3.8, 4) is 5.69 Å². The molecule has 0 fully saturated rings. The number of nitrogens with one attached hydrogen (secondary N) is 1. The first kappa shape index (κ1) is 25.0. The Morgan fingerprint density at radius 1 is 1.13 bits per heavy atom. The van der Waals surface area contributed by atoms with E-state index in [9.17, 15) is 4.79 Å². The zero-order valence-electron chi connectivity index (χ0n) is 18.7. The smallest absolute Gasteiger partial charge is 0.219 e. The first-order valence-electron chi connectivity index (χ1n) is 10.6. The topological polar surface area (TPSA) is 59.8 Å². The highest BCUT2D eigenvalue weighted by Crippen LogP contribution is 2.27. The molecule has 0 aliphatic rings. The van der Waals surface area contributed by atoms with Gasteiger partial charge >= 0.3 is 0 Å². The van der Waals surface area contributed by atoms with E-state index in [4.69, 9.17) is 11.6 Å². The normalized spacial score (nSPS) is 10.4. The van der Waals surface area contributed by atoms with Gasteiger partial charge in [0.05, 0.1) is 0 Å². The third-order valence-electron chi connectivity index (χ3n) is 4.30. The SMILES string of the molecule is CCC.CNC(=O)CCCc1nnc(SCc2cccc(Cl)c2)n1-c1cccc(C)c1. The highest BCUT2D eigenvalue weighted by molar-refractivity contribution is 7.98. The Morgan fingerprint density at radius 3 is 2.55 bits per heavy atom. The molecule has 0 saturated carbocycles. The van der Waals surface area contributed by atoms with Gasteiger partial charge in [0.25, 0.3) is 0 Å². The fourth-order valence-corrected chi connectivity index (χ4v) is 4.02. The molecule has 0 atom stereocenters. The molecule has 0 aliphatic carbocycles. The Balaban J connectivity index is 0.00000107. The number of benzene rings is 2. The molecule has 1 aromatic heterocycles. The molecule has 1 heterocycles. The van der Waals surface area contributed by atoms with E-state index in [0.717, 1.165) is 39.4 Å². The van der Waals surface area contributed by atoms with Gasteiger partial charge in [-0.05, 0) is 48.7 Å². The van der Waals surface area contributed by atoms with E-state index in [1.54, 1.807) is 18.8 Å². The summed E-state index contributed by atoms with van der Waals surface area (Å²) < 4.78 is 2.09. The molecule has 2 aromatic carbocycles. The number of carbonyl (C=O) groups is 1. The molecule has 3 aromatic rings. The van der Waals surface area contributed by atoms with Gasteiger partial charge in [-0.2, -0.15) is 0 Å². The molecule has 0 bridgehead atoms. The van der Waals surface area contributed by atoms with Crippen molar-refractivity contribution in [2.75, 3.05) is 7.05 Å². The Labute approximate surface area is 194 Å². The molecule has 0 unspecified atom stereocenters. The highest BCUT2D eigenvalue weighted by atomic mass is 35.5. The number of rotatable bonds is 8. The highest BCUT2D eigenvalue weighted by Gasteiger charge is 2.15. The molecule has 0 radical (unpaired) electrons. The lowest BCUT2D eigenvalue weighted by Crippen LogP contribution is -2.17. The summed E-state index contributed by atoms with van der Waals surface area (Å²) in [6.45, 7) is 6.32. The molecule has 3 rings (SSSR count). The number of aromatic nitrogens is 3. The van der Waals surface area contributed by atoms with Gasteiger partial charge in [0.2, 0.25) is 5.91 Å². The van der Waals surface area contributed by atoms with Crippen LogP contribution in [0.5, 0.6) is 0 Å². The van der Waals surface area contributed by atoms with Crippen LogP contribution in [0.4, 0.5) is 0 Å². The second kappa shape index (κ2) is 13.2. The van der Waals surface area contributed by atoms with Gasteiger partial charge in [-0.15, -0.1) is 10.2 Å². The average molecular weight is 459 g/mol. The van der Waals surface area contributed by atoms with Crippen LogP contribution >= 0.6 is 23.4 Å². The number of nitrogens with zero attached hydrogens (tertiary/aromatic N) is 3. The van der Waals surface area contributed by atoms with Crippen molar-refractivity contribution in [3.63, 3.8) is 0 Å². The van der Waals surface area contributed by atoms with Gasteiger partial charge in [-0.1, -0.05) is 67.9 Å². The monoisotopic (exact) mass is 458 g/mol. The predicted octanol–water partition coefficient (Wildman–Crippen LogP) is 6.01. The molecule has 1 N–H and O–H groups in total. The maximum atomic E-state index is 11.5. The summed E-state index contributed by atoms with van der Waals surface area (Å²) in [7, 11) is 1.65. The van der Waals surface area contributed by atoms with Crippen molar-refractivity contribution in [3.05, 3.63) is 70.5 Å². The Bertz CT molecular complexity index is 974. The van der Waals surface area contributed by atoms with Crippen LogP contribution in [0.2, 0.25) is 5.02 Å². The molecule has 0 aliphatic heterocycles. The number of hydrogen-bond acceptors (Lipinski definition) is 4. The molecular formula is C24H31ClN4OS. The van der Waals surface area contributed by atoms with E-state index in [0.29, 0.717) is 12.8 Å². The summed E-state index contributed by atoms with van der Waals surface area (Å²) in [6, 6.07) is 16.1. The van der Waals surface area contributed by atoms with Crippen molar-refractivity contribution in [1.82, 2.24) is 20.1 Å². The summed E-state index contributed by atoms with van der Waals surface area (Å²) >= 11 is 7.72. The minimum atomic E-state index is 0.0391. The van der Waals surface area contributed by atoms with Gasteiger partial charge in [0.15, 0.2) is 5.16 Å². The molecule has 0 saturated heterocycles. The fraction of sp³-hybridized carbons (Fsp3) is 0.375. The van der Waals surface area contributed by atoms with Gasteiger partial charge in [0, 0.05) is 36.4 Å². The standard InChI is InChI=1S/C21H23ClN4OS.C3H8/c1-15-6-3-9-18(12-15)26-19(10-5-11-20(27)23-2)24-25-21(26)28-14-16-7-4-8-17(22)13-16;1-3-2/h3-4,6-9,12-13H,5,10-11,14H2,1-2H3,(H,23,27);3H2,1-2H3. The van der Waals surface area contributed by atoms with Crippen molar-refractivity contribution in [2.24, 2.45) is 0 Å². The van der Waals surface area contributed by atoms with Crippen molar-refractivity contribution in [2.45, 2.75) is 57.4 Å². The van der Waals surface area contributed by atoms with Crippen LogP contribution in [0.3, 0.4) is 0 Å². The van der Waals surface area contributed by atoms with Crippen molar-refractivity contribution < 1.29 is 4.79 Å². The zero-order valence-corrected chi connectivity index (χ0v) is 20.3. The first-order chi connectivity index (χ1) is 15.0. The molecular weight excluding hydrogens is 428 g/mol. The van der Waals surface area contributed by atoms with Gasteiger partial charge in [-0.25, -0.2) is 0 Å². The summed E-state index contributed by atoms with van der Waals surface area (Å²) in [5.41, 5.74) is 3.35. The Hall–Kier alpha value is -2.31. The third-order valence-corrected chi connectivity index (χ3v) is 5.54. The second-order valence-corrected chi connectivity index (χ2v) is 8.60. The van der Waals surface area contributed by atoms with Crippen LogP contribution in [-0.4, -0.2) is 27.7 Å². The summed E-state index contributed by atoms with van der Waals surface area (Å²) in [4.78, 5) is 11.5. The maximum absolute atomic E-state index is 11.5. The lowest BCUT2D eigenvalue weighted by molar-refractivity contribution is -0.120. The predicted molar refractivity (Wildman–Crippen MR) is 130 cm³/mol. The zero-order chi connectivity index (χ0) is 22.6. The largest absolute Gasteiger partial charge is 0.359 e. The first-order valence-corrected chi connectivity index (χ1v) is 11.9. The van der Waals surface area contributed by atoms with Crippen LogP contribution in [0, 0.1) is 6.92 Å². The van der Waals surface area contributed by atoms with Gasteiger partial charge in [-0.3, -0.25) is 9.36 Å². The van der Waals surface area contributed by atoms with E-state index in [2.05, 4.69) is 65.1 Å². The molecule has 7 heteroatoms. The van der Waals surface area contributed by atoms with Crippen molar-refractivity contribution >= 4 is 29.3 Å². The van der Waals surface area contributed by atoms with Crippen LogP contribution in [-0.2, 0) is 17.0 Å². The maximum Gasteiger partial charge on any atom is 0.219 e. The second-order valence-electron chi connectivity index (χ2n) is 7.23. The molecule has 0 spiro atoms. The Morgan fingerprint density at radius 2 is 1.87 bits per heavy atom. The van der Waals surface area contributed by atoms with E-state index >= 15 is 0 Å². The lowest BCUT2D eigenvalue weighted by Gasteiger charge is -2.11. The van der Waals surface area contributed by atoms with E-state index in [-0.39, 0.29) is 5.91 Å². The van der Waals surface area contributed by atoms with E-state index in [1.807, 2.05) is 24.3 Å². The Kier molecular flexibility index (Phi) is 10.6. The number of aryl methyl sites for hydroxylation is 2. The molecule has 5 nitrogen and oxygen atoms in total. The van der Waals surface area contributed by atoms with Crippen LogP contribution in [0.1, 0.15) is 50.1 Å². The molecule has 1 amide bonds. The third kappa shape index (κ3) is 8.04. The number of carbonyl (C=O) groups excluding carboxylic acids is 1. The number of hydrogen-bond donors (Lipinski definition) is 1. The number of thioether (sulfide) groups is 1. The van der Waals surface area contributed by atoms with E-state index < -0.39 is 0 Å². The summed E-state index contributed by atoms with van der Waals surface area (Å²) in [6.07, 6.45) is 3.14. The quantitative estimate of drug-likeness (QED) is 0.420. The average Bonchev–Trinajstić information content (AvgIpc) is 3.15. The van der Waals surface area contributed by atoms with Crippen LogP contribution in [0.25, 0.3) is 5.69 Å². The molecule has 166 valence electrons. The molecule has 31 heavy (non-hydrogen) atoms. The van der Waals surface area contributed by atoms with Crippen LogP contribution < -0.4 is 5.32 Å². The minimum Gasteiger partial charge on any atom is -0.359 e. The summed E-state index contributed by atoms with van der Waals surface area (Å²) in [5, 5.41) is 13.0.